The largest absolute Gasteiger partial charge is 0.462 e. The molecule has 0 radical (unpaired) electrons. The second kappa shape index (κ2) is 7.14. The number of nitrogens with zero attached hydrogens (tertiary/aromatic N) is 1. The molecule has 1 amide bonds. The third-order valence-corrected chi connectivity index (χ3v) is 9.09. The van der Waals surface area contributed by atoms with Crippen LogP contribution in [0.2, 0.25) is 0 Å². The van der Waals surface area contributed by atoms with Crippen molar-refractivity contribution >= 4 is 17.6 Å². The second-order valence-corrected chi connectivity index (χ2v) is 10.4. The molecule has 28 heavy (non-hydrogen) atoms. The lowest BCUT2D eigenvalue weighted by Gasteiger charge is -2.60. The smallest absolute Gasteiger partial charge is 0.302 e. The van der Waals surface area contributed by atoms with E-state index in [2.05, 4.69) is 24.4 Å². The summed E-state index contributed by atoms with van der Waals surface area (Å²) in [6.45, 7) is 8.00. The van der Waals surface area contributed by atoms with Crippen molar-refractivity contribution in [3.05, 3.63) is 0 Å². The number of hydrogen-bond donors (Lipinski definition) is 1. The van der Waals surface area contributed by atoms with Gasteiger partial charge in [-0.3, -0.25) is 9.59 Å². The highest BCUT2D eigenvalue weighted by Crippen LogP contribution is 2.66. The molecule has 0 aromatic heterocycles. The van der Waals surface area contributed by atoms with E-state index in [0.29, 0.717) is 17.3 Å². The van der Waals surface area contributed by atoms with Gasteiger partial charge in [-0.15, -0.1) is 0 Å². The summed E-state index contributed by atoms with van der Waals surface area (Å²) < 4.78 is 5.77. The van der Waals surface area contributed by atoms with Gasteiger partial charge in [-0.1, -0.05) is 13.8 Å². The van der Waals surface area contributed by atoms with Crippen LogP contribution >= 0.6 is 0 Å². The van der Waals surface area contributed by atoms with Gasteiger partial charge in [-0.2, -0.15) is 5.10 Å². The van der Waals surface area contributed by atoms with E-state index < -0.39 is 0 Å². The topological polar surface area (TPSA) is 67.8 Å². The first kappa shape index (κ1) is 19.9. The lowest BCUT2D eigenvalue weighted by atomic mass is 9.45. The van der Waals surface area contributed by atoms with E-state index in [0.717, 1.165) is 31.1 Å². The Hall–Kier alpha value is -1.39. The highest BCUT2D eigenvalue weighted by Gasteiger charge is 2.60. The second-order valence-electron chi connectivity index (χ2n) is 10.4. The van der Waals surface area contributed by atoms with Gasteiger partial charge in [-0.05, 0) is 86.9 Å². The molecule has 0 aromatic rings. The number of carbonyl (C=O) groups excluding carboxylic acids is 2. The average molecular weight is 389 g/mol. The fourth-order valence-electron chi connectivity index (χ4n) is 7.66. The summed E-state index contributed by atoms with van der Waals surface area (Å²) in [7, 11) is 0. The van der Waals surface area contributed by atoms with Crippen LogP contribution in [-0.2, 0) is 14.3 Å². The summed E-state index contributed by atoms with van der Waals surface area (Å²) in [6.07, 6.45) is 10.6. The quantitative estimate of drug-likeness (QED) is 0.561. The van der Waals surface area contributed by atoms with Crippen molar-refractivity contribution < 1.29 is 14.3 Å². The van der Waals surface area contributed by atoms with Gasteiger partial charge in [0.2, 0.25) is 5.91 Å². The van der Waals surface area contributed by atoms with Crippen LogP contribution < -0.4 is 5.43 Å². The minimum absolute atomic E-state index is 0.0836. The Kier molecular flexibility index (Phi) is 5.08. The zero-order valence-electron chi connectivity index (χ0n) is 17.9. The van der Waals surface area contributed by atoms with Crippen LogP contribution in [-0.4, -0.2) is 23.7 Å². The molecule has 4 rings (SSSR count). The molecule has 0 heterocycles. The molecule has 7 unspecified atom stereocenters. The first-order chi connectivity index (χ1) is 13.2. The molecule has 4 aliphatic rings. The number of rotatable bonds is 2. The SMILES string of the molecule is CC(=O)N/N=C1\CCC2(C)C(CCC3C2CCC2(C)C(OC(C)=O)CCC32)C1. The molecule has 4 aliphatic carbocycles. The molecule has 5 nitrogen and oxygen atoms in total. The van der Waals surface area contributed by atoms with Gasteiger partial charge in [0.05, 0.1) is 0 Å². The van der Waals surface area contributed by atoms with Crippen molar-refractivity contribution in [1.29, 1.82) is 0 Å². The van der Waals surface area contributed by atoms with Crippen molar-refractivity contribution in [2.24, 2.45) is 39.6 Å². The summed E-state index contributed by atoms with van der Waals surface area (Å²) >= 11 is 0. The average Bonchev–Trinajstić information content (AvgIpc) is 2.95. The first-order valence-electron chi connectivity index (χ1n) is 11.2. The van der Waals surface area contributed by atoms with Crippen molar-refractivity contribution in [3.63, 3.8) is 0 Å². The molecule has 1 N–H and O–H groups in total. The standard InChI is InChI=1S/C23H36N2O3/c1-14(26)24-25-17-9-11-22(3)16(13-17)5-6-18-19-7-8-21(28-15(2)27)23(19,4)12-10-20(18)22/h16,18-21H,5-13H2,1-4H3,(H,24,26)/b25-17+. The van der Waals surface area contributed by atoms with Gasteiger partial charge in [0.15, 0.2) is 0 Å². The number of hydrazone groups is 1. The van der Waals surface area contributed by atoms with Crippen LogP contribution in [0.1, 0.15) is 85.5 Å². The Labute approximate surface area is 169 Å². The molecule has 0 aromatic carbocycles. The molecular formula is C23H36N2O3. The lowest BCUT2D eigenvalue weighted by molar-refractivity contribution is -0.160. The van der Waals surface area contributed by atoms with Crippen LogP contribution in [0.25, 0.3) is 0 Å². The number of hydrogen-bond acceptors (Lipinski definition) is 4. The lowest BCUT2D eigenvalue weighted by Crippen LogP contribution is -2.54. The Morgan fingerprint density at radius 2 is 1.75 bits per heavy atom. The van der Waals surface area contributed by atoms with Gasteiger partial charge in [-0.25, -0.2) is 5.43 Å². The summed E-state index contributed by atoms with van der Waals surface area (Å²) in [5, 5.41) is 4.38. The normalized spacial score (nSPS) is 46.3. The Bertz CT molecular complexity index is 689. The number of fused-ring (bicyclic) bond motifs is 5. The summed E-state index contributed by atoms with van der Waals surface area (Å²) in [6, 6.07) is 0. The van der Waals surface area contributed by atoms with Crippen molar-refractivity contribution in [1.82, 2.24) is 5.43 Å². The third kappa shape index (κ3) is 3.19. The Balaban J connectivity index is 1.51. The van der Waals surface area contributed by atoms with Crippen molar-refractivity contribution in [3.8, 4) is 0 Å². The van der Waals surface area contributed by atoms with Crippen LogP contribution in [0.4, 0.5) is 0 Å². The van der Waals surface area contributed by atoms with E-state index in [-0.39, 0.29) is 23.4 Å². The zero-order valence-corrected chi connectivity index (χ0v) is 17.9. The summed E-state index contributed by atoms with van der Waals surface area (Å²) in [5.41, 5.74) is 4.37. The number of ether oxygens (including phenoxy) is 1. The summed E-state index contributed by atoms with van der Waals surface area (Å²) in [4.78, 5) is 22.8. The van der Waals surface area contributed by atoms with Gasteiger partial charge in [0.1, 0.15) is 6.10 Å². The molecule has 7 atom stereocenters. The molecule has 0 saturated heterocycles. The Morgan fingerprint density at radius 1 is 1.00 bits per heavy atom. The maximum Gasteiger partial charge on any atom is 0.302 e. The molecule has 0 bridgehead atoms. The maximum atomic E-state index is 11.6. The van der Waals surface area contributed by atoms with Crippen molar-refractivity contribution in [2.75, 3.05) is 0 Å². The molecular weight excluding hydrogens is 352 g/mol. The minimum atomic E-state index is -0.122. The predicted octanol–water partition coefficient (Wildman–Crippen LogP) is 4.45. The number of nitrogens with one attached hydrogen (secondary N) is 1. The van der Waals surface area contributed by atoms with E-state index in [9.17, 15) is 9.59 Å². The Morgan fingerprint density at radius 3 is 2.46 bits per heavy atom. The van der Waals surface area contributed by atoms with E-state index in [1.807, 2.05) is 0 Å². The van der Waals surface area contributed by atoms with Gasteiger partial charge < -0.3 is 4.74 Å². The van der Waals surface area contributed by atoms with Gasteiger partial charge in [0, 0.05) is 25.0 Å². The fourth-order valence-corrected chi connectivity index (χ4v) is 7.66. The molecule has 156 valence electrons. The molecule has 0 spiro atoms. The maximum absolute atomic E-state index is 11.6. The minimum Gasteiger partial charge on any atom is -0.462 e. The van der Waals surface area contributed by atoms with E-state index >= 15 is 0 Å². The van der Waals surface area contributed by atoms with Crippen LogP contribution in [0.5, 0.6) is 0 Å². The van der Waals surface area contributed by atoms with Gasteiger partial charge in [0.25, 0.3) is 0 Å². The van der Waals surface area contributed by atoms with E-state index in [1.54, 1.807) is 6.92 Å². The molecule has 4 fully saturated rings. The highest BCUT2D eigenvalue weighted by molar-refractivity contribution is 5.87. The number of amides is 1. The van der Waals surface area contributed by atoms with E-state index in [1.165, 1.54) is 51.2 Å². The highest BCUT2D eigenvalue weighted by atomic mass is 16.5. The number of esters is 1. The third-order valence-electron chi connectivity index (χ3n) is 9.09. The fraction of sp³-hybridized carbons (Fsp3) is 0.870. The van der Waals surface area contributed by atoms with Crippen molar-refractivity contribution in [2.45, 2.75) is 91.6 Å². The summed E-state index contributed by atoms with van der Waals surface area (Å²) in [5.74, 6) is 2.73. The predicted molar refractivity (Wildman–Crippen MR) is 109 cm³/mol. The van der Waals surface area contributed by atoms with E-state index in [4.69, 9.17) is 4.74 Å². The van der Waals surface area contributed by atoms with Crippen LogP contribution in [0, 0.1) is 34.5 Å². The first-order valence-corrected chi connectivity index (χ1v) is 11.2. The number of carbonyl (C=O) groups is 2. The van der Waals surface area contributed by atoms with Crippen LogP contribution in [0.3, 0.4) is 0 Å². The molecule has 0 aliphatic heterocycles. The zero-order chi connectivity index (χ0) is 20.1. The monoisotopic (exact) mass is 388 g/mol. The van der Waals surface area contributed by atoms with Crippen LogP contribution in [0.15, 0.2) is 5.10 Å². The molecule has 5 heteroatoms. The van der Waals surface area contributed by atoms with Gasteiger partial charge >= 0.3 is 5.97 Å². The molecule has 4 saturated carbocycles.